The highest BCUT2D eigenvalue weighted by Crippen LogP contribution is 2.23. The van der Waals surface area contributed by atoms with Crippen molar-refractivity contribution in [1.29, 1.82) is 0 Å². The van der Waals surface area contributed by atoms with Crippen molar-refractivity contribution in [2.75, 3.05) is 12.4 Å². The molecule has 2 rings (SSSR count). The first-order chi connectivity index (χ1) is 6.70. The van der Waals surface area contributed by atoms with Gasteiger partial charge in [0.1, 0.15) is 0 Å². The average Bonchev–Trinajstić information content (AvgIpc) is 2.17. The van der Waals surface area contributed by atoms with E-state index in [0.29, 0.717) is 0 Å². The summed E-state index contributed by atoms with van der Waals surface area (Å²) >= 11 is 0. The van der Waals surface area contributed by atoms with E-state index in [-0.39, 0.29) is 0 Å². The molecule has 0 radical (unpaired) electrons. The minimum absolute atomic E-state index is 1.17. The van der Waals surface area contributed by atoms with Gasteiger partial charge < -0.3 is 5.32 Å². The van der Waals surface area contributed by atoms with Gasteiger partial charge in [-0.3, -0.25) is 0 Å². The van der Waals surface area contributed by atoms with Gasteiger partial charge in [-0.25, -0.2) is 0 Å². The lowest BCUT2D eigenvalue weighted by Crippen LogP contribution is -1.88. The Morgan fingerprint density at radius 1 is 1.00 bits per heavy atom. The van der Waals surface area contributed by atoms with Crippen LogP contribution >= 0.6 is 0 Å². The van der Waals surface area contributed by atoms with E-state index >= 15 is 0 Å². The molecule has 0 saturated heterocycles. The molecule has 0 spiro atoms. The summed E-state index contributed by atoms with van der Waals surface area (Å²) in [7, 11) is 1.95. The first kappa shape index (κ1) is 9.07. The molecule has 0 amide bonds. The van der Waals surface area contributed by atoms with Gasteiger partial charge in [0.25, 0.3) is 0 Å². The van der Waals surface area contributed by atoms with Gasteiger partial charge >= 0.3 is 0 Å². The largest absolute Gasteiger partial charge is 0.388 e. The van der Waals surface area contributed by atoms with E-state index in [1.807, 2.05) is 7.05 Å². The summed E-state index contributed by atoms with van der Waals surface area (Å²) in [6, 6.07) is 10.9. The summed E-state index contributed by atoms with van der Waals surface area (Å²) in [6.45, 7) is 4.30. The molecule has 0 atom stereocenters. The van der Waals surface area contributed by atoms with Crippen molar-refractivity contribution >= 4 is 16.5 Å². The van der Waals surface area contributed by atoms with Crippen LogP contribution in [0.3, 0.4) is 0 Å². The van der Waals surface area contributed by atoms with E-state index in [1.54, 1.807) is 0 Å². The maximum atomic E-state index is 3.16. The van der Waals surface area contributed by atoms with Crippen molar-refractivity contribution in [3.8, 4) is 0 Å². The molecule has 1 N–H and O–H groups in total. The van der Waals surface area contributed by atoms with Crippen LogP contribution in [0.2, 0.25) is 0 Å². The van der Waals surface area contributed by atoms with Gasteiger partial charge in [-0.05, 0) is 42.3 Å². The highest BCUT2D eigenvalue weighted by Gasteiger charge is 1.99. The predicted molar refractivity (Wildman–Crippen MR) is 63.0 cm³/mol. The zero-order valence-corrected chi connectivity index (χ0v) is 8.89. The quantitative estimate of drug-likeness (QED) is 0.717. The fraction of sp³-hybridized carbons (Fsp3) is 0.231. The Labute approximate surface area is 84.8 Å². The Bertz CT molecular complexity index is 472. The summed E-state index contributed by atoms with van der Waals surface area (Å²) in [5.74, 6) is 0. The summed E-state index contributed by atoms with van der Waals surface area (Å²) in [5.41, 5.74) is 3.84. The van der Waals surface area contributed by atoms with E-state index in [9.17, 15) is 0 Å². The van der Waals surface area contributed by atoms with Crippen LogP contribution in [0, 0.1) is 13.8 Å². The van der Waals surface area contributed by atoms with Crippen LogP contribution in [0.25, 0.3) is 10.8 Å². The third-order valence-electron chi connectivity index (χ3n) is 2.59. The number of nitrogens with one attached hydrogen (secondary N) is 1. The van der Waals surface area contributed by atoms with E-state index in [4.69, 9.17) is 0 Å². The van der Waals surface area contributed by atoms with Gasteiger partial charge in [0, 0.05) is 12.7 Å². The van der Waals surface area contributed by atoms with Crippen LogP contribution in [0.4, 0.5) is 5.69 Å². The van der Waals surface area contributed by atoms with Crippen molar-refractivity contribution in [3.63, 3.8) is 0 Å². The first-order valence-corrected chi connectivity index (χ1v) is 4.89. The van der Waals surface area contributed by atoms with E-state index in [1.165, 1.54) is 27.6 Å². The second kappa shape index (κ2) is 3.33. The molecule has 1 heteroatoms. The second-order valence-corrected chi connectivity index (χ2v) is 3.77. The molecule has 0 unspecified atom stereocenters. The van der Waals surface area contributed by atoms with E-state index < -0.39 is 0 Å². The van der Waals surface area contributed by atoms with Crippen molar-refractivity contribution in [1.82, 2.24) is 0 Å². The Hall–Kier alpha value is -1.50. The topological polar surface area (TPSA) is 12.0 Å². The highest BCUT2D eigenvalue weighted by atomic mass is 14.8. The molecule has 0 bridgehead atoms. The van der Waals surface area contributed by atoms with Gasteiger partial charge in [-0.2, -0.15) is 0 Å². The molecule has 1 nitrogen and oxygen atoms in total. The Morgan fingerprint density at radius 2 is 1.79 bits per heavy atom. The Balaban J connectivity index is 2.75. The SMILES string of the molecule is CNc1ccc2cc(C)cc(C)c2c1. The molecular weight excluding hydrogens is 170 g/mol. The van der Waals surface area contributed by atoms with Crippen molar-refractivity contribution in [3.05, 3.63) is 41.5 Å². The first-order valence-electron chi connectivity index (χ1n) is 4.89. The van der Waals surface area contributed by atoms with Gasteiger partial charge in [0.2, 0.25) is 0 Å². The zero-order chi connectivity index (χ0) is 10.1. The molecule has 72 valence electrons. The Kier molecular flexibility index (Phi) is 2.16. The van der Waals surface area contributed by atoms with Crippen LogP contribution in [-0.4, -0.2) is 7.05 Å². The lowest BCUT2D eigenvalue weighted by atomic mass is 10.0. The molecule has 0 aliphatic rings. The van der Waals surface area contributed by atoms with Gasteiger partial charge in [-0.15, -0.1) is 0 Å². The van der Waals surface area contributed by atoms with Crippen molar-refractivity contribution in [2.24, 2.45) is 0 Å². The minimum Gasteiger partial charge on any atom is -0.388 e. The molecule has 0 fully saturated rings. The molecule has 0 heterocycles. The van der Waals surface area contributed by atoms with Crippen LogP contribution in [-0.2, 0) is 0 Å². The summed E-state index contributed by atoms with van der Waals surface area (Å²) in [5, 5.41) is 5.82. The summed E-state index contributed by atoms with van der Waals surface area (Å²) in [6.07, 6.45) is 0. The zero-order valence-electron chi connectivity index (χ0n) is 8.89. The number of benzene rings is 2. The number of hydrogen-bond donors (Lipinski definition) is 1. The molecular formula is C13H15N. The van der Waals surface area contributed by atoms with Crippen LogP contribution < -0.4 is 5.32 Å². The number of fused-ring (bicyclic) bond motifs is 1. The Morgan fingerprint density at radius 3 is 2.50 bits per heavy atom. The molecule has 0 aliphatic carbocycles. The highest BCUT2D eigenvalue weighted by molar-refractivity contribution is 5.89. The van der Waals surface area contributed by atoms with Crippen LogP contribution in [0.5, 0.6) is 0 Å². The summed E-state index contributed by atoms with van der Waals surface area (Å²) in [4.78, 5) is 0. The average molecular weight is 185 g/mol. The maximum Gasteiger partial charge on any atom is 0.0344 e. The van der Waals surface area contributed by atoms with Gasteiger partial charge in [0.05, 0.1) is 0 Å². The van der Waals surface area contributed by atoms with Crippen molar-refractivity contribution in [2.45, 2.75) is 13.8 Å². The molecule has 0 saturated carbocycles. The van der Waals surface area contributed by atoms with E-state index in [0.717, 1.165) is 0 Å². The number of aryl methyl sites for hydroxylation is 2. The number of anilines is 1. The lowest BCUT2D eigenvalue weighted by molar-refractivity contribution is 1.42. The molecule has 14 heavy (non-hydrogen) atoms. The minimum atomic E-state index is 1.17. The third kappa shape index (κ3) is 1.46. The smallest absolute Gasteiger partial charge is 0.0344 e. The molecule has 0 aromatic heterocycles. The standard InChI is InChI=1S/C13H15N/c1-9-6-10(2)13-8-12(14-3)5-4-11(13)7-9/h4-8,14H,1-3H3. The maximum absolute atomic E-state index is 3.16. The van der Waals surface area contributed by atoms with Crippen LogP contribution in [0.15, 0.2) is 30.3 Å². The van der Waals surface area contributed by atoms with Crippen LogP contribution in [0.1, 0.15) is 11.1 Å². The number of hydrogen-bond acceptors (Lipinski definition) is 1. The predicted octanol–water partition coefficient (Wildman–Crippen LogP) is 3.50. The van der Waals surface area contributed by atoms with Gasteiger partial charge in [0.15, 0.2) is 0 Å². The number of rotatable bonds is 1. The molecule has 2 aromatic rings. The monoisotopic (exact) mass is 185 g/mol. The normalized spacial score (nSPS) is 10.5. The lowest BCUT2D eigenvalue weighted by Gasteiger charge is -2.06. The second-order valence-electron chi connectivity index (χ2n) is 3.77. The molecule has 0 aliphatic heterocycles. The fourth-order valence-electron chi connectivity index (χ4n) is 1.89. The summed E-state index contributed by atoms with van der Waals surface area (Å²) < 4.78 is 0. The third-order valence-corrected chi connectivity index (χ3v) is 2.59. The van der Waals surface area contributed by atoms with Gasteiger partial charge in [-0.1, -0.05) is 23.8 Å². The fourth-order valence-corrected chi connectivity index (χ4v) is 1.89. The van der Waals surface area contributed by atoms with Crippen molar-refractivity contribution < 1.29 is 0 Å². The van der Waals surface area contributed by atoms with E-state index in [2.05, 4.69) is 49.5 Å². The molecule has 2 aromatic carbocycles.